The van der Waals surface area contributed by atoms with Crippen LogP contribution in [0.4, 0.5) is 8.78 Å². The van der Waals surface area contributed by atoms with Gasteiger partial charge in [-0.05, 0) is 19.5 Å². The number of hydrogen-bond donors (Lipinski definition) is 2. The van der Waals surface area contributed by atoms with Gasteiger partial charge < -0.3 is 15.8 Å². The Morgan fingerprint density at radius 2 is 2.08 bits per heavy atom. The lowest BCUT2D eigenvalue weighted by atomic mass is 10.4. The SMILES string of the molecule is NCCCNCCOCC(F)F. The van der Waals surface area contributed by atoms with Crippen molar-refractivity contribution in [2.75, 3.05) is 32.8 Å². The van der Waals surface area contributed by atoms with Gasteiger partial charge in [0.1, 0.15) is 6.61 Å². The van der Waals surface area contributed by atoms with Crippen LogP contribution in [0.2, 0.25) is 0 Å². The van der Waals surface area contributed by atoms with Gasteiger partial charge in [-0.15, -0.1) is 0 Å². The minimum absolute atomic E-state index is 0.328. The van der Waals surface area contributed by atoms with E-state index in [-0.39, 0.29) is 0 Å². The zero-order valence-corrected chi connectivity index (χ0v) is 7.06. The smallest absolute Gasteiger partial charge is 0.261 e. The van der Waals surface area contributed by atoms with Crippen LogP contribution in [-0.2, 0) is 4.74 Å². The molecule has 0 fully saturated rings. The molecule has 0 unspecified atom stereocenters. The van der Waals surface area contributed by atoms with Gasteiger partial charge in [0.25, 0.3) is 6.43 Å². The molecular weight excluding hydrogens is 166 g/mol. The first-order valence-corrected chi connectivity index (χ1v) is 4.04. The van der Waals surface area contributed by atoms with E-state index in [1.54, 1.807) is 0 Å². The summed E-state index contributed by atoms with van der Waals surface area (Å²) in [6, 6.07) is 0. The van der Waals surface area contributed by atoms with Crippen LogP contribution in [0.15, 0.2) is 0 Å². The average Bonchev–Trinajstić information content (AvgIpc) is 2.02. The van der Waals surface area contributed by atoms with E-state index in [9.17, 15) is 8.78 Å². The van der Waals surface area contributed by atoms with Crippen LogP contribution in [-0.4, -0.2) is 39.3 Å². The van der Waals surface area contributed by atoms with Crippen LogP contribution in [0, 0.1) is 0 Å². The van der Waals surface area contributed by atoms with Crippen LogP contribution >= 0.6 is 0 Å². The second-order valence-corrected chi connectivity index (χ2v) is 2.36. The van der Waals surface area contributed by atoms with E-state index in [0.717, 1.165) is 13.0 Å². The number of hydrogen-bond acceptors (Lipinski definition) is 3. The Morgan fingerprint density at radius 1 is 1.33 bits per heavy atom. The summed E-state index contributed by atoms with van der Waals surface area (Å²) in [5.41, 5.74) is 5.24. The van der Waals surface area contributed by atoms with Gasteiger partial charge in [-0.3, -0.25) is 0 Å². The summed E-state index contributed by atoms with van der Waals surface area (Å²) in [6.07, 6.45) is -1.47. The highest BCUT2D eigenvalue weighted by molar-refractivity contribution is 4.47. The van der Waals surface area contributed by atoms with Crippen LogP contribution in [0.5, 0.6) is 0 Å². The highest BCUT2D eigenvalue weighted by Crippen LogP contribution is 1.91. The van der Waals surface area contributed by atoms with Crippen molar-refractivity contribution in [3.8, 4) is 0 Å². The Hall–Kier alpha value is -0.260. The van der Waals surface area contributed by atoms with Crippen molar-refractivity contribution in [2.24, 2.45) is 5.73 Å². The van der Waals surface area contributed by atoms with Crippen LogP contribution in [0.25, 0.3) is 0 Å². The topological polar surface area (TPSA) is 47.3 Å². The molecule has 0 atom stereocenters. The van der Waals surface area contributed by atoms with E-state index in [2.05, 4.69) is 10.1 Å². The molecule has 0 aliphatic heterocycles. The van der Waals surface area contributed by atoms with Crippen LogP contribution in [0.1, 0.15) is 6.42 Å². The molecule has 0 amide bonds. The number of alkyl halides is 2. The zero-order chi connectivity index (χ0) is 9.23. The van der Waals surface area contributed by atoms with Gasteiger partial charge >= 0.3 is 0 Å². The Morgan fingerprint density at radius 3 is 2.67 bits per heavy atom. The second-order valence-electron chi connectivity index (χ2n) is 2.36. The molecule has 0 aromatic rings. The first-order valence-electron chi connectivity index (χ1n) is 4.04. The molecular formula is C7H16F2N2O. The molecule has 0 rings (SSSR count). The maximum absolute atomic E-state index is 11.5. The van der Waals surface area contributed by atoms with Gasteiger partial charge in [-0.25, -0.2) is 8.78 Å². The van der Waals surface area contributed by atoms with Crippen LogP contribution < -0.4 is 11.1 Å². The zero-order valence-electron chi connectivity index (χ0n) is 7.06. The molecule has 0 saturated carbocycles. The summed E-state index contributed by atoms with van der Waals surface area (Å²) in [5, 5.41) is 3.01. The quantitative estimate of drug-likeness (QED) is 0.527. The molecule has 3 N–H and O–H groups in total. The predicted molar refractivity (Wildman–Crippen MR) is 43.4 cm³/mol. The lowest BCUT2D eigenvalue weighted by Crippen LogP contribution is -2.23. The van der Waals surface area contributed by atoms with Gasteiger partial charge in [0.15, 0.2) is 0 Å². The van der Waals surface area contributed by atoms with Crippen molar-refractivity contribution in [1.82, 2.24) is 5.32 Å². The van der Waals surface area contributed by atoms with E-state index in [4.69, 9.17) is 5.73 Å². The van der Waals surface area contributed by atoms with Crippen LogP contribution in [0.3, 0.4) is 0 Å². The minimum Gasteiger partial charge on any atom is -0.374 e. The van der Waals surface area contributed by atoms with E-state index in [0.29, 0.717) is 19.7 Å². The maximum atomic E-state index is 11.5. The Bertz CT molecular complexity index is 93.5. The van der Waals surface area contributed by atoms with E-state index in [1.165, 1.54) is 0 Å². The van der Waals surface area contributed by atoms with Crippen molar-refractivity contribution < 1.29 is 13.5 Å². The number of nitrogens with two attached hydrogens (primary N) is 1. The Balaban J connectivity index is 2.82. The van der Waals surface area contributed by atoms with Crippen molar-refractivity contribution in [3.63, 3.8) is 0 Å². The molecule has 0 aliphatic carbocycles. The summed E-state index contributed by atoms with van der Waals surface area (Å²) in [5.74, 6) is 0. The molecule has 0 spiro atoms. The number of nitrogens with one attached hydrogen (secondary N) is 1. The molecule has 0 aliphatic rings. The first-order chi connectivity index (χ1) is 5.77. The molecule has 0 bridgehead atoms. The normalized spacial score (nSPS) is 11.0. The first kappa shape index (κ1) is 11.7. The Kier molecular flexibility index (Phi) is 8.64. The molecule has 5 heteroatoms. The van der Waals surface area contributed by atoms with Gasteiger partial charge in [-0.2, -0.15) is 0 Å². The lowest BCUT2D eigenvalue weighted by Gasteiger charge is -2.04. The van der Waals surface area contributed by atoms with Gasteiger partial charge in [0.05, 0.1) is 6.61 Å². The maximum Gasteiger partial charge on any atom is 0.261 e. The fourth-order valence-electron chi connectivity index (χ4n) is 0.669. The largest absolute Gasteiger partial charge is 0.374 e. The molecule has 0 aromatic heterocycles. The standard InChI is InChI=1S/C7H16F2N2O/c8-7(9)6-12-5-4-11-3-1-2-10/h7,11H,1-6,10H2. The predicted octanol–water partition coefficient (Wildman–Crippen LogP) is 0.206. The summed E-state index contributed by atoms with van der Waals surface area (Å²) in [6.45, 7) is 1.92. The van der Waals surface area contributed by atoms with Crippen molar-refractivity contribution in [1.29, 1.82) is 0 Å². The number of halogens is 2. The highest BCUT2D eigenvalue weighted by Gasteiger charge is 2.00. The third-order valence-electron chi connectivity index (χ3n) is 1.22. The average molecular weight is 182 g/mol. The van der Waals surface area contributed by atoms with Crippen molar-refractivity contribution in [3.05, 3.63) is 0 Å². The number of ether oxygens (including phenoxy) is 1. The molecule has 3 nitrogen and oxygen atoms in total. The summed E-state index contributed by atoms with van der Waals surface area (Å²) < 4.78 is 27.6. The van der Waals surface area contributed by atoms with Gasteiger partial charge in [0, 0.05) is 6.54 Å². The Labute approximate surface area is 71.3 Å². The second kappa shape index (κ2) is 8.83. The fraction of sp³-hybridized carbons (Fsp3) is 1.00. The molecule has 0 radical (unpaired) electrons. The third kappa shape index (κ3) is 9.74. The third-order valence-corrected chi connectivity index (χ3v) is 1.22. The summed E-state index contributed by atoms with van der Waals surface area (Å²) in [7, 11) is 0. The fourth-order valence-corrected chi connectivity index (χ4v) is 0.669. The highest BCUT2D eigenvalue weighted by atomic mass is 19.3. The van der Waals surface area contributed by atoms with Crippen molar-refractivity contribution in [2.45, 2.75) is 12.8 Å². The minimum atomic E-state index is -2.37. The summed E-state index contributed by atoms with van der Waals surface area (Å²) in [4.78, 5) is 0. The molecule has 0 saturated heterocycles. The summed E-state index contributed by atoms with van der Waals surface area (Å²) >= 11 is 0. The number of rotatable bonds is 8. The van der Waals surface area contributed by atoms with E-state index < -0.39 is 13.0 Å². The van der Waals surface area contributed by atoms with Gasteiger partial charge in [0.2, 0.25) is 0 Å². The van der Waals surface area contributed by atoms with E-state index in [1.807, 2.05) is 0 Å². The van der Waals surface area contributed by atoms with Gasteiger partial charge in [-0.1, -0.05) is 0 Å². The molecule has 74 valence electrons. The van der Waals surface area contributed by atoms with E-state index >= 15 is 0 Å². The molecule has 12 heavy (non-hydrogen) atoms. The lowest BCUT2D eigenvalue weighted by molar-refractivity contribution is 0.0188. The molecule has 0 heterocycles. The molecule has 0 aromatic carbocycles. The van der Waals surface area contributed by atoms with Crippen molar-refractivity contribution >= 4 is 0 Å². The monoisotopic (exact) mass is 182 g/mol.